The van der Waals surface area contributed by atoms with Gasteiger partial charge in [-0.15, -0.1) is 0 Å². The highest BCUT2D eigenvalue weighted by Crippen LogP contribution is 2.05. The third-order valence-electron chi connectivity index (χ3n) is 3.06. The van der Waals surface area contributed by atoms with Crippen molar-refractivity contribution < 1.29 is 9.53 Å². The van der Waals surface area contributed by atoms with Crippen LogP contribution in [-0.4, -0.2) is 52.8 Å². The van der Waals surface area contributed by atoms with Gasteiger partial charge in [0.25, 0.3) is 0 Å². The zero-order valence-electron chi connectivity index (χ0n) is 10.7. The van der Waals surface area contributed by atoms with E-state index in [0.717, 1.165) is 13.0 Å². The number of urea groups is 1. The van der Waals surface area contributed by atoms with Gasteiger partial charge in [-0.3, -0.25) is 0 Å². The molecule has 1 aliphatic rings. The molecular formula is C12H20N4O2. The molecule has 1 aromatic rings. The first kappa shape index (κ1) is 12.9. The van der Waals surface area contributed by atoms with E-state index in [4.69, 9.17) is 4.74 Å². The molecule has 18 heavy (non-hydrogen) atoms. The van der Waals surface area contributed by atoms with Crippen LogP contribution in [0.3, 0.4) is 0 Å². The quantitative estimate of drug-likeness (QED) is 0.803. The van der Waals surface area contributed by atoms with Crippen LogP contribution in [0.2, 0.25) is 0 Å². The molecule has 0 radical (unpaired) electrons. The molecule has 1 atom stereocenters. The van der Waals surface area contributed by atoms with Gasteiger partial charge in [-0.05, 0) is 13.3 Å². The van der Waals surface area contributed by atoms with E-state index in [9.17, 15) is 4.79 Å². The van der Waals surface area contributed by atoms with E-state index in [2.05, 4.69) is 10.3 Å². The van der Waals surface area contributed by atoms with Crippen molar-refractivity contribution in [3.63, 3.8) is 0 Å². The molecule has 2 amide bonds. The third-order valence-corrected chi connectivity index (χ3v) is 3.06. The Hall–Kier alpha value is -1.56. The zero-order valence-corrected chi connectivity index (χ0v) is 10.7. The second-order valence-corrected chi connectivity index (χ2v) is 4.50. The van der Waals surface area contributed by atoms with Gasteiger partial charge in [0.15, 0.2) is 0 Å². The van der Waals surface area contributed by atoms with Crippen LogP contribution < -0.4 is 5.32 Å². The fourth-order valence-electron chi connectivity index (χ4n) is 2.01. The van der Waals surface area contributed by atoms with Gasteiger partial charge in [-0.1, -0.05) is 0 Å². The molecule has 0 bridgehead atoms. The molecule has 0 aromatic carbocycles. The predicted octanol–water partition coefficient (Wildman–Crippen LogP) is 0.703. The van der Waals surface area contributed by atoms with Gasteiger partial charge in [-0.25, -0.2) is 9.78 Å². The maximum absolute atomic E-state index is 11.9. The van der Waals surface area contributed by atoms with E-state index in [1.165, 1.54) is 0 Å². The molecule has 6 nitrogen and oxygen atoms in total. The van der Waals surface area contributed by atoms with Crippen molar-refractivity contribution in [1.29, 1.82) is 0 Å². The average molecular weight is 252 g/mol. The smallest absolute Gasteiger partial charge is 0.317 e. The summed E-state index contributed by atoms with van der Waals surface area (Å²) in [5.74, 6) is 0. The average Bonchev–Trinajstić information content (AvgIpc) is 2.88. The molecule has 1 fully saturated rings. The van der Waals surface area contributed by atoms with Gasteiger partial charge in [0.2, 0.25) is 0 Å². The minimum atomic E-state index is 0.0106. The molecule has 1 unspecified atom stereocenters. The Morgan fingerprint density at radius 2 is 2.50 bits per heavy atom. The van der Waals surface area contributed by atoms with Crippen LogP contribution in [0.5, 0.6) is 0 Å². The molecule has 1 aliphatic heterocycles. The van der Waals surface area contributed by atoms with Crippen LogP contribution in [0.25, 0.3) is 0 Å². The van der Waals surface area contributed by atoms with Gasteiger partial charge >= 0.3 is 6.03 Å². The first-order valence-electron chi connectivity index (χ1n) is 6.35. The van der Waals surface area contributed by atoms with Crippen molar-refractivity contribution in [3.8, 4) is 0 Å². The van der Waals surface area contributed by atoms with Crippen molar-refractivity contribution in [2.45, 2.75) is 25.9 Å². The fraction of sp³-hybridized carbons (Fsp3) is 0.667. The number of carbonyl (C=O) groups is 1. The van der Waals surface area contributed by atoms with Crippen molar-refractivity contribution in [3.05, 3.63) is 18.7 Å². The number of aromatic nitrogens is 2. The van der Waals surface area contributed by atoms with Crippen LogP contribution in [0, 0.1) is 0 Å². The first-order valence-corrected chi connectivity index (χ1v) is 6.35. The number of amides is 2. The largest absolute Gasteiger partial charge is 0.377 e. The van der Waals surface area contributed by atoms with E-state index >= 15 is 0 Å². The summed E-state index contributed by atoms with van der Waals surface area (Å²) in [5, 5.41) is 2.94. The van der Waals surface area contributed by atoms with Crippen LogP contribution >= 0.6 is 0 Å². The minimum Gasteiger partial charge on any atom is -0.377 e. The van der Waals surface area contributed by atoms with Gasteiger partial charge < -0.3 is 19.5 Å². The zero-order chi connectivity index (χ0) is 12.8. The highest BCUT2D eigenvalue weighted by molar-refractivity contribution is 5.74. The van der Waals surface area contributed by atoms with Gasteiger partial charge in [0.1, 0.15) is 0 Å². The third kappa shape index (κ3) is 3.46. The van der Waals surface area contributed by atoms with E-state index in [-0.39, 0.29) is 12.1 Å². The van der Waals surface area contributed by atoms with Gasteiger partial charge in [-0.2, -0.15) is 0 Å². The standard InChI is InChI=1S/C12H20N4O2/c1-11-9-18-8-7-16(11)12(17)14-3-2-5-15-6-4-13-10-15/h4,6,10-11H,2-3,5,7-9H2,1H3,(H,14,17). The predicted molar refractivity (Wildman–Crippen MR) is 67.2 cm³/mol. The Bertz CT molecular complexity index is 366. The van der Waals surface area contributed by atoms with Crippen molar-refractivity contribution >= 4 is 6.03 Å². The topological polar surface area (TPSA) is 59.4 Å². The van der Waals surface area contributed by atoms with E-state index < -0.39 is 0 Å². The highest BCUT2D eigenvalue weighted by atomic mass is 16.5. The van der Waals surface area contributed by atoms with Gasteiger partial charge in [0.05, 0.1) is 25.6 Å². The number of nitrogens with one attached hydrogen (secondary N) is 1. The Kier molecular flexibility index (Phi) is 4.58. The number of imidazole rings is 1. The molecule has 1 N–H and O–H groups in total. The van der Waals surface area contributed by atoms with Crippen LogP contribution in [0.1, 0.15) is 13.3 Å². The molecule has 6 heteroatoms. The summed E-state index contributed by atoms with van der Waals surface area (Å²) < 4.78 is 7.31. The highest BCUT2D eigenvalue weighted by Gasteiger charge is 2.22. The van der Waals surface area contributed by atoms with Crippen LogP contribution in [0.4, 0.5) is 4.79 Å². The fourth-order valence-corrected chi connectivity index (χ4v) is 2.01. The SMILES string of the molecule is CC1COCCN1C(=O)NCCCn1ccnc1. The maximum atomic E-state index is 11.9. The summed E-state index contributed by atoms with van der Waals surface area (Å²) in [4.78, 5) is 17.7. The Morgan fingerprint density at radius 3 is 3.22 bits per heavy atom. The molecule has 1 saturated heterocycles. The molecule has 1 aromatic heterocycles. The minimum absolute atomic E-state index is 0.0106. The van der Waals surface area contributed by atoms with Crippen molar-refractivity contribution in [1.82, 2.24) is 19.8 Å². The molecule has 2 heterocycles. The number of ether oxygens (including phenoxy) is 1. The number of hydrogen-bond acceptors (Lipinski definition) is 3. The Morgan fingerprint density at radius 1 is 1.61 bits per heavy atom. The normalized spacial score (nSPS) is 19.8. The molecular weight excluding hydrogens is 232 g/mol. The van der Waals surface area contributed by atoms with Crippen molar-refractivity contribution in [2.75, 3.05) is 26.3 Å². The van der Waals surface area contributed by atoms with Crippen LogP contribution in [0.15, 0.2) is 18.7 Å². The summed E-state index contributed by atoms with van der Waals surface area (Å²) in [6.07, 6.45) is 6.37. The lowest BCUT2D eigenvalue weighted by atomic mass is 10.3. The Labute approximate surface area is 107 Å². The van der Waals surface area contributed by atoms with E-state index in [0.29, 0.717) is 26.3 Å². The van der Waals surface area contributed by atoms with E-state index in [1.807, 2.05) is 22.6 Å². The van der Waals surface area contributed by atoms with Gasteiger partial charge in [0, 0.05) is 32.0 Å². The number of rotatable bonds is 4. The second kappa shape index (κ2) is 6.39. The summed E-state index contributed by atoms with van der Waals surface area (Å²) >= 11 is 0. The number of aryl methyl sites for hydroxylation is 1. The lowest BCUT2D eigenvalue weighted by Gasteiger charge is -2.33. The Balaban J connectivity index is 1.65. The number of hydrogen-bond donors (Lipinski definition) is 1. The number of nitrogens with zero attached hydrogens (tertiary/aromatic N) is 3. The second-order valence-electron chi connectivity index (χ2n) is 4.50. The summed E-state index contributed by atoms with van der Waals surface area (Å²) in [6.45, 7) is 5.49. The molecule has 0 aliphatic carbocycles. The van der Waals surface area contributed by atoms with E-state index in [1.54, 1.807) is 12.5 Å². The summed E-state index contributed by atoms with van der Waals surface area (Å²) in [5.41, 5.74) is 0. The lowest BCUT2D eigenvalue weighted by molar-refractivity contribution is 0.0190. The maximum Gasteiger partial charge on any atom is 0.317 e. The van der Waals surface area contributed by atoms with Crippen molar-refractivity contribution in [2.24, 2.45) is 0 Å². The molecule has 100 valence electrons. The lowest BCUT2D eigenvalue weighted by Crippen LogP contribution is -2.51. The molecule has 2 rings (SSSR count). The first-order chi connectivity index (χ1) is 8.77. The summed E-state index contributed by atoms with van der Waals surface area (Å²) in [6, 6.07) is 0.170. The number of morpholine rings is 1. The molecule has 0 saturated carbocycles. The van der Waals surface area contributed by atoms with Crippen LogP contribution in [-0.2, 0) is 11.3 Å². The summed E-state index contributed by atoms with van der Waals surface area (Å²) in [7, 11) is 0. The molecule has 0 spiro atoms. The number of carbonyl (C=O) groups excluding carboxylic acids is 1. The monoisotopic (exact) mass is 252 g/mol.